The number of alkyl halides is 6. The Kier molecular flexibility index (Phi) is 9.14. The first kappa shape index (κ1) is 38.9. The first-order chi connectivity index (χ1) is 27.4. The maximum absolute atomic E-state index is 15.3. The molecule has 2 aliphatic carbocycles. The summed E-state index contributed by atoms with van der Waals surface area (Å²) < 4.78 is 103. The number of nitrogens with zero attached hydrogens (tertiary/aromatic N) is 2. The van der Waals surface area contributed by atoms with Crippen LogP contribution >= 0.6 is 11.6 Å². The van der Waals surface area contributed by atoms with Gasteiger partial charge in [0.1, 0.15) is 17.3 Å². The van der Waals surface area contributed by atoms with Gasteiger partial charge in [0.25, 0.3) is 11.8 Å². The molecule has 4 aromatic carbocycles. The summed E-state index contributed by atoms with van der Waals surface area (Å²) in [5, 5.41) is 12.7. The summed E-state index contributed by atoms with van der Waals surface area (Å²) in [6, 6.07) is 15.6. The van der Waals surface area contributed by atoms with Crippen LogP contribution in [-0.4, -0.2) is 40.9 Å². The second kappa shape index (κ2) is 13.6. The highest BCUT2D eigenvalue weighted by Gasteiger charge is 2.71. The smallest absolute Gasteiger partial charge is 0.416 e. The summed E-state index contributed by atoms with van der Waals surface area (Å²) in [7, 11) is 1.31. The Labute approximate surface area is 329 Å². The van der Waals surface area contributed by atoms with Crippen molar-refractivity contribution < 1.29 is 59.8 Å². The third kappa shape index (κ3) is 5.90. The highest BCUT2D eigenvalue weighted by atomic mass is 35.5. The molecule has 6 atom stereocenters. The number of ether oxygens (including phenoxy) is 1. The van der Waals surface area contributed by atoms with Crippen molar-refractivity contribution in [2.45, 2.75) is 36.5 Å². The quantitative estimate of drug-likeness (QED) is 0.114. The van der Waals surface area contributed by atoms with Gasteiger partial charge in [-0.3, -0.25) is 24.6 Å². The van der Waals surface area contributed by atoms with Crippen molar-refractivity contribution in [2.24, 2.45) is 23.7 Å². The van der Waals surface area contributed by atoms with Crippen LogP contribution in [0.5, 0.6) is 11.5 Å². The topological polar surface area (TPSA) is 116 Å². The number of imide groups is 2. The van der Waals surface area contributed by atoms with Gasteiger partial charge >= 0.3 is 12.4 Å². The first-order valence-corrected chi connectivity index (χ1v) is 18.2. The Morgan fingerprint density at radius 2 is 1.47 bits per heavy atom. The van der Waals surface area contributed by atoms with E-state index in [1.165, 1.54) is 61.7 Å². The second-order valence-electron chi connectivity index (χ2n) is 14.5. The van der Waals surface area contributed by atoms with Crippen molar-refractivity contribution in [3.63, 3.8) is 0 Å². The van der Waals surface area contributed by atoms with E-state index in [4.69, 9.17) is 16.3 Å². The van der Waals surface area contributed by atoms with E-state index in [9.17, 15) is 50.2 Å². The molecule has 17 heteroatoms. The lowest BCUT2D eigenvalue weighted by atomic mass is 9.49. The second-order valence-corrected chi connectivity index (χ2v) is 15.0. The first-order valence-electron chi connectivity index (χ1n) is 17.8. The highest BCUT2D eigenvalue weighted by Crippen LogP contribution is 2.66. The highest BCUT2D eigenvalue weighted by molar-refractivity contribution is 6.30. The number of hydrogen-bond donors (Lipinski definition) is 2. The van der Waals surface area contributed by atoms with E-state index in [1.807, 2.05) is 0 Å². The van der Waals surface area contributed by atoms with E-state index in [0.717, 1.165) is 17.1 Å². The Morgan fingerprint density at radius 3 is 2.07 bits per heavy atom. The van der Waals surface area contributed by atoms with Crippen molar-refractivity contribution >= 4 is 46.6 Å². The molecule has 2 heterocycles. The molecule has 8 rings (SSSR count). The average molecular weight is 828 g/mol. The fourth-order valence-corrected chi connectivity index (χ4v) is 9.42. The maximum atomic E-state index is 15.3. The Balaban J connectivity index is 1.33. The van der Waals surface area contributed by atoms with Crippen LogP contribution in [0, 0.1) is 29.5 Å². The number of fused-ring (bicyclic) bond motifs is 4. The predicted octanol–water partition coefficient (Wildman–Crippen LogP) is 8.42. The van der Waals surface area contributed by atoms with Crippen LogP contribution in [0.2, 0.25) is 5.02 Å². The van der Waals surface area contributed by atoms with Crippen LogP contribution in [-0.2, 0) is 36.9 Å². The average Bonchev–Trinajstić information content (AvgIpc) is 3.55. The van der Waals surface area contributed by atoms with Gasteiger partial charge in [-0.2, -0.15) is 31.4 Å². The molecule has 300 valence electrons. The number of benzene rings is 4. The van der Waals surface area contributed by atoms with E-state index < -0.39 is 93.6 Å². The van der Waals surface area contributed by atoms with Crippen molar-refractivity contribution in [1.82, 2.24) is 5.01 Å². The summed E-state index contributed by atoms with van der Waals surface area (Å²) in [4.78, 5) is 59.0. The molecule has 0 aromatic heterocycles. The van der Waals surface area contributed by atoms with Crippen molar-refractivity contribution in [2.75, 3.05) is 17.4 Å². The molecular weight excluding hydrogens is 799 g/mol. The summed E-state index contributed by atoms with van der Waals surface area (Å²) in [6.07, 6.45) is -9.52. The molecule has 0 bridgehead atoms. The van der Waals surface area contributed by atoms with E-state index in [-0.39, 0.29) is 52.2 Å². The van der Waals surface area contributed by atoms with Gasteiger partial charge in [-0.15, -0.1) is 0 Å². The molecule has 58 heavy (non-hydrogen) atoms. The van der Waals surface area contributed by atoms with Gasteiger partial charge in [-0.1, -0.05) is 41.4 Å². The summed E-state index contributed by atoms with van der Waals surface area (Å²) in [6.45, 7) is 0. The van der Waals surface area contributed by atoms with Crippen LogP contribution in [0.25, 0.3) is 0 Å². The molecule has 4 aromatic rings. The zero-order chi connectivity index (χ0) is 41.6. The van der Waals surface area contributed by atoms with E-state index in [0.29, 0.717) is 22.6 Å². The molecule has 9 nitrogen and oxygen atoms in total. The summed E-state index contributed by atoms with van der Waals surface area (Å²) >= 11 is 6.29. The van der Waals surface area contributed by atoms with Gasteiger partial charge in [0.05, 0.1) is 52.8 Å². The maximum Gasteiger partial charge on any atom is 0.416 e. The van der Waals surface area contributed by atoms with Crippen LogP contribution in [0.1, 0.15) is 41.0 Å². The number of hydrazine groups is 1. The zero-order valence-electron chi connectivity index (χ0n) is 29.9. The number of methoxy groups -OCH3 is 1. The number of hydrogen-bond acceptors (Lipinski definition) is 7. The number of carbonyl (C=O) groups is 4. The molecule has 0 unspecified atom stereocenters. The van der Waals surface area contributed by atoms with Crippen LogP contribution < -0.4 is 15.1 Å². The van der Waals surface area contributed by atoms with E-state index >= 15 is 4.79 Å². The van der Waals surface area contributed by atoms with Crippen LogP contribution in [0.3, 0.4) is 0 Å². The molecule has 0 radical (unpaired) electrons. The molecule has 2 N–H and O–H groups in total. The lowest BCUT2D eigenvalue weighted by Gasteiger charge is -2.50. The fourth-order valence-electron chi connectivity index (χ4n) is 9.29. The lowest BCUT2D eigenvalue weighted by Crippen LogP contribution is -2.53. The van der Waals surface area contributed by atoms with Crippen LogP contribution in [0.4, 0.5) is 42.1 Å². The molecule has 4 aliphatic rings. The number of aromatic hydroxyl groups is 1. The SMILES string of the molecule is COc1cccc(O)c1[C@H]1C2=CC[C@@H]3C(=O)N(c4cc(C(F)(F)F)cc(C(F)(F)F)c4)C(=O)[C@@H]3[C@@H]2C[C@H]2C(=O)N(Nc3ccc(F)cc3)C(=O)[C@@]12c1ccc(Cl)cc1. The summed E-state index contributed by atoms with van der Waals surface area (Å²) in [5.41, 5.74) is -2.80. The van der Waals surface area contributed by atoms with Gasteiger partial charge in [0.15, 0.2) is 0 Å². The molecule has 2 aliphatic heterocycles. The number of nitrogens with one attached hydrogen (secondary N) is 1. The van der Waals surface area contributed by atoms with Gasteiger partial charge in [0, 0.05) is 16.5 Å². The van der Waals surface area contributed by atoms with E-state index in [1.54, 1.807) is 6.08 Å². The molecule has 4 amide bonds. The van der Waals surface area contributed by atoms with Crippen molar-refractivity contribution in [3.8, 4) is 11.5 Å². The number of rotatable bonds is 6. The number of anilines is 2. The minimum Gasteiger partial charge on any atom is -0.508 e. The Morgan fingerprint density at radius 1 is 0.828 bits per heavy atom. The molecule has 0 spiro atoms. The zero-order valence-corrected chi connectivity index (χ0v) is 30.6. The van der Waals surface area contributed by atoms with E-state index in [2.05, 4.69) is 5.43 Å². The number of allylic oxidation sites excluding steroid dienone is 2. The summed E-state index contributed by atoms with van der Waals surface area (Å²) in [5.74, 6) is -11.2. The minimum absolute atomic E-state index is 0.0328. The van der Waals surface area contributed by atoms with Crippen LogP contribution in [0.15, 0.2) is 96.6 Å². The predicted molar refractivity (Wildman–Crippen MR) is 193 cm³/mol. The van der Waals surface area contributed by atoms with Crippen molar-refractivity contribution in [1.29, 1.82) is 0 Å². The van der Waals surface area contributed by atoms with Gasteiger partial charge < -0.3 is 9.84 Å². The normalized spacial score (nSPS) is 25.7. The van der Waals surface area contributed by atoms with Gasteiger partial charge in [-0.05, 0) is 91.1 Å². The molecule has 2 saturated heterocycles. The number of carbonyl (C=O) groups excluding carboxylic acids is 4. The Bertz CT molecular complexity index is 2390. The third-order valence-corrected chi connectivity index (χ3v) is 11.9. The number of amides is 4. The number of phenols is 1. The number of phenolic OH excluding ortho intramolecular Hbond substituents is 1. The Hall–Kier alpha value is -5.90. The molecule has 3 fully saturated rings. The molecular formula is C41H29ClF7N3O6. The fraction of sp³-hybridized carbons (Fsp3) is 0.268. The van der Waals surface area contributed by atoms with Gasteiger partial charge in [-0.25, -0.2) is 9.29 Å². The van der Waals surface area contributed by atoms with Gasteiger partial charge in [0.2, 0.25) is 11.8 Å². The minimum atomic E-state index is -5.27. The van der Waals surface area contributed by atoms with Crippen molar-refractivity contribution in [3.05, 3.63) is 130 Å². The molecule has 1 saturated carbocycles. The lowest BCUT2D eigenvalue weighted by molar-refractivity contribution is -0.143. The monoisotopic (exact) mass is 827 g/mol. The third-order valence-electron chi connectivity index (χ3n) is 11.6. The standard InChI is InChI=1S/C41H29ClF7N3O6/c1-58-31-4-2-3-30(53)33(31)34-26-13-14-27-32(37(56)51(35(27)54)25-16-20(40(44,45)46)15-21(17-25)41(47,48)49)28(26)18-29-36(55)52(50-24-11-9-23(43)10-12-24)38(57)39(29,34)19-5-7-22(42)8-6-19/h2-13,15-17,27-29,32,34,50,53H,14,18H2,1H3/t27-,28+,29-,32-,34+,39+/m0/s1. The largest absolute Gasteiger partial charge is 0.508 e. The number of halogens is 8.